The molecule has 0 radical (unpaired) electrons. The van der Waals surface area contributed by atoms with Crippen LogP contribution in [-0.4, -0.2) is 38.6 Å². The second-order valence-corrected chi connectivity index (χ2v) is 8.54. The summed E-state index contributed by atoms with van der Waals surface area (Å²) in [7, 11) is 1.63. The van der Waals surface area contributed by atoms with Crippen LogP contribution in [0.4, 0.5) is 0 Å². The van der Waals surface area contributed by atoms with Gasteiger partial charge in [-0.3, -0.25) is 9.59 Å². The fourth-order valence-electron chi connectivity index (χ4n) is 4.11. The Morgan fingerprint density at radius 1 is 1.14 bits per heavy atom. The first-order valence-electron chi connectivity index (χ1n) is 10.6. The zero-order valence-corrected chi connectivity index (χ0v) is 18.5. The van der Waals surface area contributed by atoms with E-state index in [0.717, 1.165) is 12.0 Å². The molecule has 3 atom stereocenters. The van der Waals surface area contributed by atoms with Crippen molar-refractivity contribution in [3.63, 3.8) is 0 Å². The van der Waals surface area contributed by atoms with Crippen LogP contribution < -0.4 is 10.6 Å². The largest absolute Gasteiger partial charge is 0.383 e. The summed E-state index contributed by atoms with van der Waals surface area (Å²) in [5.74, 6) is 1.52. The highest BCUT2D eigenvalue weighted by Gasteiger charge is 2.32. The molecule has 0 fully saturated rings. The average molecular weight is 401 g/mol. The molecule has 160 valence electrons. The number of hydrogen-bond acceptors (Lipinski definition) is 3. The number of nitrogens with one attached hydrogen (secondary N) is 2. The molecule has 29 heavy (non-hydrogen) atoms. The van der Waals surface area contributed by atoms with Crippen molar-refractivity contribution >= 4 is 11.8 Å². The molecule has 5 nitrogen and oxygen atoms in total. The lowest BCUT2D eigenvalue weighted by Gasteiger charge is -2.37. The Kier molecular flexibility index (Phi) is 8.90. The molecular formula is C24H36N2O3. The first kappa shape index (κ1) is 23.1. The summed E-state index contributed by atoms with van der Waals surface area (Å²) < 4.78 is 4.99. The van der Waals surface area contributed by atoms with Crippen molar-refractivity contribution < 1.29 is 14.3 Å². The van der Waals surface area contributed by atoms with Gasteiger partial charge in [-0.15, -0.1) is 0 Å². The number of amides is 2. The van der Waals surface area contributed by atoms with Gasteiger partial charge in [-0.1, -0.05) is 43.2 Å². The maximum atomic E-state index is 12.5. The van der Waals surface area contributed by atoms with Gasteiger partial charge in [-0.2, -0.15) is 0 Å². The average Bonchev–Trinajstić information content (AvgIpc) is 2.68. The fraction of sp³-hybridized carbons (Fsp3) is 0.583. The van der Waals surface area contributed by atoms with Gasteiger partial charge in [0, 0.05) is 32.2 Å². The minimum absolute atomic E-state index is 0.0294. The number of aryl methyl sites for hydroxylation is 1. The quantitative estimate of drug-likeness (QED) is 0.490. The highest BCUT2D eigenvalue weighted by Crippen LogP contribution is 2.38. The zero-order valence-electron chi connectivity index (χ0n) is 18.5. The molecule has 0 spiro atoms. The van der Waals surface area contributed by atoms with E-state index in [2.05, 4.69) is 37.5 Å². The van der Waals surface area contributed by atoms with Gasteiger partial charge >= 0.3 is 0 Å². The van der Waals surface area contributed by atoms with E-state index in [0.29, 0.717) is 43.5 Å². The van der Waals surface area contributed by atoms with Crippen molar-refractivity contribution in [1.29, 1.82) is 0 Å². The molecule has 2 N–H and O–H groups in total. The Balaban J connectivity index is 1.98. The third-order valence-corrected chi connectivity index (χ3v) is 5.96. The molecule has 2 amide bonds. The number of methoxy groups -OCH3 is 1. The Morgan fingerprint density at radius 2 is 1.83 bits per heavy atom. The third-order valence-electron chi connectivity index (χ3n) is 5.96. The predicted octanol–water partition coefficient (Wildman–Crippen LogP) is 3.73. The number of carbonyl (C=O) groups is 2. The van der Waals surface area contributed by atoms with Crippen molar-refractivity contribution in [1.82, 2.24) is 10.6 Å². The molecule has 0 saturated carbocycles. The fourth-order valence-corrected chi connectivity index (χ4v) is 4.11. The number of rotatable bonds is 9. The minimum Gasteiger partial charge on any atom is -0.383 e. The number of allylic oxidation sites excluding steroid dienone is 1. The topological polar surface area (TPSA) is 67.4 Å². The molecule has 0 aromatic heterocycles. The van der Waals surface area contributed by atoms with Gasteiger partial charge < -0.3 is 15.4 Å². The second kappa shape index (κ2) is 11.1. The summed E-state index contributed by atoms with van der Waals surface area (Å²) in [6.45, 7) is 10.3. The monoisotopic (exact) mass is 400 g/mol. The molecule has 1 aromatic carbocycles. The third kappa shape index (κ3) is 7.00. The van der Waals surface area contributed by atoms with Gasteiger partial charge in [0.25, 0.3) is 5.91 Å². The highest BCUT2D eigenvalue weighted by atomic mass is 16.5. The van der Waals surface area contributed by atoms with E-state index in [9.17, 15) is 9.59 Å². The molecule has 5 heteroatoms. The van der Waals surface area contributed by atoms with Crippen molar-refractivity contribution in [3.05, 3.63) is 47.0 Å². The Morgan fingerprint density at radius 3 is 2.45 bits per heavy atom. The van der Waals surface area contributed by atoms with Gasteiger partial charge in [0.2, 0.25) is 5.91 Å². The van der Waals surface area contributed by atoms with Crippen LogP contribution in [0.3, 0.4) is 0 Å². The summed E-state index contributed by atoms with van der Waals surface area (Å²) in [5, 5.41) is 6.03. The van der Waals surface area contributed by atoms with Crippen LogP contribution in [0.15, 0.2) is 35.9 Å². The van der Waals surface area contributed by atoms with Crippen LogP contribution >= 0.6 is 0 Å². The molecule has 1 aliphatic carbocycles. The second-order valence-electron chi connectivity index (χ2n) is 8.54. The van der Waals surface area contributed by atoms with E-state index in [-0.39, 0.29) is 23.7 Å². The van der Waals surface area contributed by atoms with Crippen LogP contribution in [-0.2, 0) is 9.53 Å². The molecule has 0 unspecified atom stereocenters. The van der Waals surface area contributed by atoms with Crippen LogP contribution in [0.2, 0.25) is 0 Å². The lowest BCUT2D eigenvalue weighted by molar-refractivity contribution is -0.122. The smallest absolute Gasteiger partial charge is 0.251 e. The molecular weight excluding hydrogens is 364 g/mol. The van der Waals surface area contributed by atoms with Crippen LogP contribution in [0, 0.1) is 30.6 Å². The van der Waals surface area contributed by atoms with E-state index < -0.39 is 0 Å². The van der Waals surface area contributed by atoms with Crippen molar-refractivity contribution in [2.75, 3.05) is 26.8 Å². The van der Waals surface area contributed by atoms with Gasteiger partial charge in [-0.05, 0) is 56.1 Å². The van der Waals surface area contributed by atoms with E-state index in [1.807, 2.05) is 31.2 Å². The molecule has 1 aromatic rings. The number of hydrogen-bond donors (Lipinski definition) is 2. The van der Waals surface area contributed by atoms with E-state index >= 15 is 0 Å². The SMILES string of the molecule is COCCNC(=O)C[C@@H]1C[C@@H](C(C)C)[C@@H](CNC(=O)c2ccc(C)cc2)C=C1C. The Labute approximate surface area is 175 Å². The van der Waals surface area contributed by atoms with E-state index in [4.69, 9.17) is 4.74 Å². The molecule has 0 saturated heterocycles. The predicted molar refractivity (Wildman–Crippen MR) is 117 cm³/mol. The zero-order chi connectivity index (χ0) is 21.4. The first-order chi connectivity index (χ1) is 13.8. The van der Waals surface area contributed by atoms with Gasteiger partial charge in [0.15, 0.2) is 0 Å². The standard InChI is InChI=1S/C24H36N2O3/c1-16(2)22-13-20(14-23(27)25-10-11-29-5)18(4)12-21(22)15-26-24(28)19-8-6-17(3)7-9-19/h6-9,12,16,20-22H,10-11,13-15H2,1-5H3,(H,25,27)(H,26,28)/t20-,21+,22-/m0/s1. The lowest BCUT2D eigenvalue weighted by Crippen LogP contribution is -2.38. The van der Waals surface area contributed by atoms with Gasteiger partial charge in [0.05, 0.1) is 6.61 Å². The maximum Gasteiger partial charge on any atom is 0.251 e. The lowest BCUT2D eigenvalue weighted by atomic mass is 9.69. The highest BCUT2D eigenvalue weighted by molar-refractivity contribution is 5.94. The van der Waals surface area contributed by atoms with Crippen LogP contribution in [0.5, 0.6) is 0 Å². The number of ether oxygens (including phenoxy) is 1. The summed E-state index contributed by atoms with van der Waals surface area (Å²) in [6, 6.07) is 7.65. The molecule has 0 bridgehead atoms. The van der Waals surface area contributed by atoms with Crippen molar-refractivity contribution in [3.8, 4) is 0 Å². The minimum atomic E-state index is -0.0294. The van der Waals surface area contributed by atoms with Crippen molar-refractivity contribution in [2.24, 2.45) is 23.7 Å². The summed E-state index contributed by atoms with van der Waals surface area (Å²) in [4.78, 5) is 24.7. The van der Waals surface area contributed by atoms with Gasteiger partial charge in [0.1, 0.15) is 0 Å². The van der Waals surface area contributed by atoms with Crippen LogP contribution in [0.25, 0.3) is 0 Å². The summed E-state index contributed by atoms with van der Waals surface area (Å²) >= 11 is 0. The number of carbonyl (C=O) groups excluding carboxylic acids is 2. The number of benzene rings is 1. The van der Waals surface area contributed by atoms with E-state index in [1.54, 1.807) is 7.11 Å². The van der Waals surface area contributed by atoms with Crippen molar-refractivity contribution in [2.45, 2.75) is 40.5 Å². The Bertz CT molecular complexity index is 709. The van der Waals surface area contributed by atoms with Crippen LogP contribution in [0.1, 0.15) is 49.5 Å². The molecule has 2 rings (SSSR count). The molecule has 1 aliphatic rings. The first-order valence-corrected chi connectivity index (χ1v) is 10.6. The summed E-state index contributed by atoms with van der Waals surface area (Å²) in [5.41, 5.74) is 3.08. The van der Waals surface area contributed by atoms with E-state index in [1.165, 1.54) is 5.57 Å². The normalized spacial score (nSPS) is 21.6. The molecule has 0 heterocycles. The Hall–Kier alpha value is -2.14. The summed E-state index contributed by atoms with van der Waals surface area (Å²) in [6.07, 6.45) is 3.76. The maximum absolute atomic E-state index is 12.5. The van der Waals surface area contributed by atoms with Gasteiger partial charge in [-0.25, -0.2) is 0 Å². The molecule has 0 aliphatic heterocycles.